The highest BCUT2D eigenvalue weighted by atomic mass is 16.2. The zero-order chi connectivity index (χ0) is 13.5. The minimum Gasteiger partial charge on any atom is -0.342 e. The maximum absolute atomic E-state index is 12.2. The highest BCUT2D eigenvalue weighted by Gasteiger charge is 2.50. The van der Waals surface area contributed by atoms with Crippen LogP contribution in [0.5, 0.6) is 0 Å². The van der Waals surface area contributed by atoms with Crippen molar-refractivity contribution in [2.24, 2.45) is 17.8 Å². The van der Waals surface area contributed by atoms with Crippen LogP contribution in [0, 0.1) is 17.8 Å². The van der Waals surface area contributed by atoms with Crippen LogP contribution in [0.15, 0.2) is 0 Å². The van der Waals surface area contributed by atoms with Gasteiger partial charge in [-0.1, -0.05) is 0 Å². The number of amides is 1. The monoisotopic (exact) mass is 264 g/mol. The molecule has 0 aromatic rings. The molecule has 3 nitrogen and oxygen atoms in total. The standard InChI is InChI=1S/C16H28N2O/c1-3-18(4-2)15(19)11-17-16-8-12-5-13(9-16)7-14(6-12)10-16/h12-14,17H,3-11H2,1-2H3. The lowest BCUT2D eigenvalue weighted by Gasteiger charge is -2.57. The SMILES string of the molecule is CCN(CC)C(=O)CNC12CC3CC(CC(C3)C1)C2. The number of carbonyl (C=O) groups excluding carboxylic acids is 1. The Balaban J connectivity index is 1.59. The molecule has 4 saturated carbocycles. The van der Waals surface area contributed by atoms with Gasteiger partial charge in [-0.3, -0.25) is 4.79 Å². The molecule has 0 atom stereocenters. The van der Waals surface area contributed by atoms with Crippen LogP contribution in [-0.4, -0.2) is 36.0 Å². The summed E-state index contributed by atoms with van der Waals surface area (Å²) in [6, 6.07) is 0. The third kappa shape index (κ3) is 2.54. The largest absolute Gasteiger partial charge is 0.342 e. The zero-order valence-corrected chi connectivity index (χ0v) is 12.5. The van der Waals surface area contributed by atoms with E-state index in [1.807, 2.05) is 4.90 Å². The fourth-order valence-electron chi connectivity index (χ4n) is 5.28. The molecule has 0 aromatic carbocycles. The van der Waals surface area contributed by atoms with E-state index in [1.165, 1.54) is 38.5 Å². The van der Waals surface area contributed by atoms with Crippen molar-refractivity contribution in [2.45, 2.75) is 57.9 Å². The van der Waals surface area contributed by atoms with E-state index in [9.17, 15) is 4.79 Å². The van der Waals surface area contributed by atoms with E-state index in [-0.39, 0.29) is 5.91 Å². The Morgan fingerprint density at radius 1 is 1.05 bits per heavy atom. The molecule has 1 amide bonds. The minimum atomic E-state index is 0.278. The van der Waals surface area contributed by atoms with Crippen LogP contribution < -0.4 is 5.32 Å². The van der Waals surface area contributed by atoms with Crippen LogP contribution >= 0.6 is 0 Å². The molecule has 0 unspecified atom stereocenters. The first-order valence-corrected chi connectivity index (χ1v) is 8.17. The van der Waals surface area contributed by atoms with Crippen molar-refractivity contribution in [3.8, 4) is 0 Å². The minimum absolute atomic E-state index is 0.278. The van der Waals surface area contributed by atoms with Crippen LogP contribution in [0.25, 0.3) is 0 Å². The van der Waals surface area contributed by atoms with Gasteiger partial charge in [0.05, 0.1) is 6.54 Å². The maximum Gasteiger partial charge on any atom is 0.236 e. The molecule has 1 N–H and O–H groups in total. The van der Waals surface area contributed by atoms with Gasteiger partial charge in [0.1, 0.15) is 0 Å². The first-order chi connectivity index (χ1) is 9.14. The average molecular weight is 264 g/mol. The molecule has 0 spiro atoms. The zero-order valence-electron chi connectivity index (χ0n) is 12.5. The summed E-state index contributed by atoms with van der Waals surface area (Å²) in [5.41, 5.74) is 0.317. The van der Waals surface area contributed by atoms with Crippen molar-refractivity contribution in [1.82, 2.24) is 10.2 Å². The van der Waals surface area contributed by atoms with E-state index >= 15 is 0 Å². The summed E-state index contributed by atoms with van der Waals surface area (Å²) in [5, 5.41) is 3.68. The van der Waals surface area contributed by atoms with Crippen LogP contribution in [-0.2, 0) is 4.79 Å². The number of nitrogens with one attached hydrogen (secondary N) is 1. The van der Waals surface area contributed by atoms with Crippen molar-refractivity contribution in [3.63, 3.8) is 0 Å². The fraction of sp³-hybridized carbons (Fsp3) is 0.938. The van der Waals surface area contributed by atoms with Gasteiger partial charge in [0.25, 0.3) is 0 Å². The quantitative estimate of drug-likeness (QED) is 0.827. The van der Waals surface area contributed by atoms with Crippen molar-refractivity contribution in [2.75, 3.05) is 19.6 Å². The number of likely N-dealkylation sites (N-methyl/N-ethyl adjacent to an activating group) is 1. The molecular formula is C16H28N2O. The summed E-state index contributed by atoms with van der Waals surface area (Å²) in [5.74, 6) is 3.12. The second kappa shape index (κ2) is 5.08. The Kier molecular flexibility index (Phi) is 3.59. The van der Waals surface area contributed by atoms with E-state index in [4.69, 9.17) is 0 Å². The molecule has 0 heterocycles. The van der Waals surface area contributed by atoms with Gasteiger partial charge in [0.15, 0.2) is 0 Å². The van der Waals surface area contributed by atoms with Crippen molar-refractivity contribution >= 4 is 5.91 Å². The Labute approximate surface area is 117 Å². The molecule has 0 aliphatic heterocycles. The predicted octanol–water partition coefficient (Wildman–Crippen LogP) is 2.41. The Hall–Kier alpha value is -0.570. The topological polar surface area (TPSA) is 32.3 Å². The second-order valence-electron chi connectivity index (χ2n) is 7.12. The molecule has 4 fully saturated rings. The molecule has 3 heteroatoms. The molecule has 4 bridgehead atoms. The third-order valence-electron chi connectivity index (χ3n) is 5.77. The highest BCUT2D eigenvalue weighted by Crippen LogP contribution is 2.55. The van der Waals surface area contributed by atoms with E-state index in [1.54, 1.807) is 0 Å². The van der Waals surface area contributed by atoms with Crippen LogP contribution in [0.4, 0.5) is 0 Å². The fourth-order valence-corrected chi connectivity index (χ4v) is 5.28. The summed E-state index contributed by atoms with van der Waals surface area (Å²) in [7, 11) is 0. The number of carbonyl (C=O) groups is 1. The van der Waals surface area contributed by atoms with Crippen LogP contribution in [0.2, 0.25) is 0 Å². The van der Waals surface area contributed by atoms with Gasteiger partial charge < -0.3 is 10.2 Å². The Bertz CT molecular complexity index is 313. The van der Waals surface area contributed by atoms with E-state index < -0.39 is 0 Å². The lowest BCUT2D eigenvalue weighted by atomic mass is 9.53. The molecule has 108 valence electrons. The van der Waals surface area contributed by atoms with E-state index in [0.717, 1.165) is 30.8 Å². The Morgan fingerprint density at radius 2 is 1.53 bits per heavy atom. The predicted molar refractivity (Wildman–Crippen MR) is 76.8 cm³/mol. The summed E-state index contributed by atoms with van der Waals surface area (Å²) in [4.78, 5) is 14.1. The molecular weight excluding hydrogens is 236 g/mol. The molecule has 19 heavy (non-hydrogen) atoms. The van der Waals surface area contributed by atoms with Crippen LogP contribution in [0.1, 0.15) is 52.4 Å². The molecule has 4 rings (SSSR count). The first kappa shape index (κ1) is 13.4. The number of hydrogen-bond donors (Lipinski definition) is 1. The van der Waals surface area contributed by atoms with Gasteiger partial charge in [-0.15, -0.1) is 0 Å². The van der Waals surface area contributed by atoms with Gasteiger partial charge in [-0.25, -0.2) is 0 Å². The summed E-state index contributed by atoms with van der Waals surface area (Å²) in [6.45, 7) is 6.34. The normalized spacial score (nSPS) is 39.6. The highest BCUT2D eigenvalue weighted by molar-refractivity contribution is 5.78. The van der Waals surface area contributed by atoms with Gasteiger partial charge in [0, 0.05) is 18.6 Å². The van der Waals surface area contributed by atoms with E-state index in [2.05, 4.69) is 19.2 Å². The third-order valence-corrected chi connectivity index (χ3v) is 5.77. The number of hydrogen-bond acceptors (Lipinski definition) is 2. The average Bonchev–Trinajstić information content (AvgIpc) is 2.36. The molecule has 0 aromatic heterocycles. The summed E-state index contributed by atoms with van der Waals surface area (Å²) >= 11 is 0. The maximum atomic E-state index is 12.2. The van der Waals surface area contributed by atoms with Gasteiger partial charge in [-0.2, -0.15) is 0 Å². The lowest BCUT2D eigenvalue weighted by Crippen LogP contribution is -2.60. The smallest absolute Gasteiger partial charge is 0.236 e. The Morgan fingerprint density at radius 3 is 1.95 bits per heavy atom. The number of rotatable bonds is 5. The van der Waals surface area contributed by atoms with Crippen molar-refractivity contribution in [1.29, 1.82) is 0 Å². The van der Waals surface area contributed by atoms with Gasteiger partial charge in [-0.05, 0) is 70.1 Å². The second-order valence-corrected chi connectivity index (χ2v) is 7.12. The molecule has 0 radical (unpaired) electrons. The molecule has 4 aliphatic rings. The van der Waals surface area contributed by atoms with Gasteiger partial charge in [0.2, 0.25) is 5.91 Å². The molecule has 4 aliphatic carbocycles. The lowest BCUT2D eigenvalue weighted by molar-refractivity contribution is -0.131. The molecule has 0 saturated heterocycles. The first-order valence-electron chi connectivity index (χ1n) is 8.17. The summed E-state index contributed by atoms with van der Waals surface area (Å²) in [6.07, 6.45) is 8.36. The van der Waals surface area contributed by atoms with Crippen molar-refractivity contribution in [3.05, 3.63) is 0 Å². The summed E-state index contributed by atoms with van der Waals surface area (Å²) < 4.78 is 0. The van der Waals surface area contributed by atoms with Gasteiger partial charge >= 0.3 is 0 Å². The van der Waals surface area contributed by atoms with E-state index in [0.29, 0.717) is 12.1 Å². The number of nitrogens with zero attached hydrogens (tertiary/aromatic N) is 1. The van der Waals surface area contributed by atoms with Crippen LogP contribution in [0.3, 0.4) is 0 Å². The van der Waals surface area contributed by atoms with Crippen molar-refractivity contribution < 1.29 is 4.79 Å².